The van der Waals surface area contributed by atoms with Gasteiger partial charge in [0.2, 0.25) is 0 Å². The summed E-state index contributed by atoms with van der Waals surface area (Å²) in [4.78, 5) is 16.2. The third-order valence-electron chi connectivity index (χ3n) is 5.70. The largest absolute Gasteiger partial charge is 0.493 e. The summed E-state index contributed by atoms with van der Waals surface area (Å²) >= 11 is 0. The lowest BCUT2D eigenvalue weighted by Gasteiger charge is -2.17. The number of carbonyl (C=O) groups is 1. The number of aromatic nitrogens is 1. The lowest BCUT2D eigenvalue weighted by Crippen LogP contribution is -2.21. The number of rotatable bonds is 9. The normalized spacial score (nSPS) is 13.9. The molecule has 1 aromatic heterocycles. The highest BCUT2D eigenvalue weighted by molar-refractivity contribution is 6.08. The monoisotopic (exact) mass is 509 g/mol. The number of anilines is 1. The second-order valence-electron chi connectivity index (χ2n) is 8.23. The van der Waals surface area contributed by atoms with Crippen molar-refractivity contribution in [2.24, 2.45) is 0 Å². The minimum Gasteiger partial charge on any atom is -0.493 e. The summed E-state index contributed by atoms with van der Waals surface area (Å²) in [5, 5.41) is 21.7. The van der Waals surface area contributed by atoms with Crippen molar-refractivity contribution < 1.29 is 37.7 Å². The molecule has 0 amide bonds. The topological polar surface area (TPSA) is 104 Å². The molecule has 196 valence electrons. The van der Waals surface area contributed by atoms with Crippen molar-refractivity contribution in [3.05, 3.63) is 36.4 Å². The molecule has 3 aromatic rings. The average molecular weight is 510 g/mol. The van der Waals surface area contributed by atoms with Gasteiger partial charge < -0.3 is 29.9 Å². The van der Waals surface area contributed by atoms with Crippen LogP contribution in [0.3, 0.4) is 0 Å². The Bertz CT molecular complexity index is 1170. The van der Waals surface area contributed by atoms with Crippen LogP contribution in [0.1, 0.15) is 19.3 Å². The number of carboxylic acids is 1. The number of hydrogen-bond acceptors (Lipinski definition) is 7. The number of hydrogen-bond donors (Lipinski definition) is 3. The molecule has 0 radical (unpaired) electrons. The zero-order chi connectivity index (χ0) is 26.1. The Hall–Kier alpha value is -3.31. The first-order chi connectivity index (χ1) is 17.2. The number of pyridine rings is 1. The third-order valence-corrected chi connectivity index (χ3v) is 5.70. The SMILES string of the molecule is COc1cc2c(NCCO)c3ccccc3nc2cc1OCCCN1CCCC1.O=C(O)C(F)(F)F. The van der Waals surface area contributed by atoms with Crippen molar-refractivity contribution in [1.29, 1.82) is 0 Å². The molecule has 11 heteroatoms. The lowest BCUT2D eigenvalue weighted by molar-refractivity contribution is -0.192. The van der Waals surface area contributed by atoms with Gasteiger partial charge in [0.1, 0.15) is 0 Å². The van der Waals surface area contributed by atoms with Gasteiger partial charge in [0.25, 0.3) is 0 Å². The van der Waals surface area contributed by atoms with E-state index in [1.54, 1.807) is 7.11 Å². The van der Waals surface area contributed by atoms with Gasteiger partial charge in [0, 0.05) is 29.9 Å². The number of benzene rings is 2. The maximum absolute atomic E-state index is 10.6. The predicted molar refractivity (Wildman–Crippen MR) is 131 cm³/mol. The average Bonchev–Trinajstić information content (AvgIpc) is 3.37. The van der Waals surface area contributed by atoms with E-state index in [4.69, 9.17) is 24.4 Å². The summed E-state index contributed by atoms with van der Waals surface area (Å²) in [5.41, 5.74) is 2.71. The molecular formula is C25H30F3N3O5. The molecule has 1 aliphatic heterocycles. The van der Waals surface area contributed by atoms with Crippen molar-refractivity contribution in [2.45, 2.75) is 25.4 Å². The number of para-hydroxylation sites is 1. The fourth-order valence-corrected chi connectivity index (χ4v) is 4.02. The van der Waals surface area contributed by atoms with Gasteiger partial charge in [-0.1, -0.05) is 18.2 Å². The second-order valence-corrected chi connectivity index (χ2v) is 8.23. The lowest BCUT2D eigenvalue weighted by atomic mass is 10.1. The van der Waals surface area contributed by atoms with Crippen LogP contribution in [0.2, 0.25) is 0 Å². The molecule has 4 rings (SSSR count). The Morgan fingerprint density at radius 1 is 1.11 bits per heavy atom. The number of fused-ring (bicyclic) bond motifs is 2. The van der Waals surface area contributed by atoms with Gasteiger partial charge in [-0.25, -0.2) is 9.78 Å². The molecule has 0 bridgehead atoms. The molecule has 0 aliphatic carbocycles. The molecular weight excluding hydrogens is 479 g/mol. The Morgan fingerprint density at radius 2 is 1.81 bits per heavy atom. The number of alkyl halides is 3. The minimum absolute atomic E-state index is 0.0630. The molecule has 36 heavy (non-hydrogen) atoms. The van der Waals surface area contributed by atoms with Gasteiger partial charge in [-0.2, -0.15) is 13.2 Å². The predicted octanol–water partition coefficient (Wildman–Crippen LogP) is 4.30. The maximum atomic E-state index is 10.6. The van der Waals surface area contributed by atoms with E-state index in [-0.39, 0.29) is 6.61 Å². The van der Waals surface area contributed by atoms with Crippen LogP contribution in [0.4, 0.5) is 18.9 Å². The first-order valence-corrected chi connectivity index (χ1v) is 11.6. The van der Waals surface area contributed by atoms with Crippen LogP contribution < -0.4 is 14.8 Å². The van der Waals surface area contributed by atoms with E-state index in [2.05, 4.69) is 10.2 Å². The molecule has 1 fully saturated rings. The van der Waals surface area contributed by atoms with Gasteiger partial charge in [0.15, 0.2) is 11.5 Å². The van der Waals surface area contributed by atoms with Gasteiger partial charge in [0.05, 0.1) is 37.0 Å². The first kappa shape index (κ1) is 27.3. The van der Waals surface area contributed by atoms with Crippen molar-refractivity contribution >= 4 is 33.5 Å². The van der Waals surface area contributed by atoms with Crippen molar-refractivity contribution in [1.82, 2.24) is 9.88 Å². The molecule has 2 aromatic carbocycles. The zero-order valence-electron chi connectivity index (χ0n) is 20.0. The van der Waals surface area contributed by atoms with E-state index in [9.17, 15) is 18.3 Å². The summed E-state index contributed by atoms with van der Waals surface area (Å²) < 4.78 is 43.4. The van der Waals surface area contributed by atoms with E-state index >= 15 is 0 Å². The quantitative estimate of drug-likeness (QED) is 0.290. The molecule has 3 N–H and O–H groups in total. The summed E-state index contributed by atoms with van der Waals surface area (Å²) in [6.07, 6.45) is -1.47. The summed E-state index contributed by atoms with van der Waals surface area (Å²) in [6, 6.07) is 12.0. The Kier molecular flexibility index (Phi) is 9.54. The molecule has 0 unspecified atom stereocenters. The summed E-state index contributed by atoms with van der Waals surface area (Å²) in [5.74, 6) is -1.34. The molecule has 2 heterocycles. The Balaban J connectivity index is 0.000000454. The number of nitrogens with one attached hydrogen (secondary N) is 1. The van der Waals surface area contributed by atoms with Gasteiger partial charge >= 0.3 is 12.1 Å². The van der Waals surface area contributed by atoms with Crippen LogP contribution in [-0.2, 0) is 4.79 Å². The van der Waals surface area contributed by atoms with Crippen LogP contribution in [0.25, 0.3) is 21.8 Å². The Labute approximate surface area is 206 Å². The van der Waals surface area contributed by atoms with E-state index in [0.717, 1.165) is 46.2 Å². The van der Waals surface area contributed by atoms with Gasteiger partial charge in [-0.3, -0.25) is 0 Å². The maximum Gasteiger partial charge on any atom is 0.490 e. The molecule has 1 aliphatic rings. The highest BCUT2D eigenvalue weighted by Crippen LogP contribution is 2.38. The van der Waals surface area contributed by atoms with Gasteiger partial charge in [-0.05, 0) is 44.5 Å². The van der Waals surface area contributed by atoms with Crippen molar-refractivity contribution in [3.8, 4) is 11.5 Å². The molecule has 0 saturated carbocycles. The molecule has 1 saturated heterocycles. The smallest absolute Gasteiger partial charge is 0.490 e. The van der Waals surface area contributed by atoms with Crippen molar-refractivity contribution in [3.63, 3.8) is 0 Å². The molecule has 0 atom stereocenters. The molecule has 0 spiro atoms. The standard InChI is InChI=1S/C23H29N3O3.C2HF3O2/c1-28-21-15-18-20(16-22(21)29-14-6-12-26-10-4-5-11-26)25-19-8-3-2-7-17(19)23(18)24-9-13-27;3-2(4,5)1(6)7/h2-3,7-8,15-16,27H,4-6,9-14H2,1H3,(H,24,25);(H,6,7). The number of ether oxygens (including phenoxy) is 2. The van der Waals surface area contributed by atoms with Crippen molar-refractivity contribution in [2.75, 3.05) is 51.8 Å². The number of nitrogens with zero attached hydrogens (tertiary/aromatic N) is 2. The number of aliphatic hydroxyl groups is 1. The number of halogens is 3. The highest BCUT2D eigenvalue weighted by Gasteiger charge is 2.38. The first-order valence-electron chi connectivity index (χ1n) is 11.6. The van der Waals surface area contributed by atoms with E-state index in [1.165, 1.54) is 25.9 Å². The van der Waals surface area contributed by atoms with Crippen LogP contribution in [0, 0.1) is 0 Å². The zero-order valence-corrected chi connectivity index (χ0v) is 20.0. The van der Waals surface area contributed by atoms with Crippen LogP contribution in [0.5, 0.6) is 11.5 Å². The number of likely N-dealkylation sites (tertiary alicyclic amines) is 1. The van der Waals surface area contributed by atoms with E-state index < -0.39 is 12.1 Å². The number of aliphatic carboxylic acids is 1. The van der Waals surface area contributed by atoms with E-state index in [0.29, 0.717) is 18.9 Å². The summed E-state index contributed by atoms with van der Waals surface area (Å²) in [6.45, 7) is 4.68. The third kappa shape index (κ3) is 7.11. The van der Waals surface area contributed by atoms with E-state index in [1.807, 2.05) is 36.4 Å². The fourth-order valence-electron chi connectivity index (χ4n) is 4.02. The Morgan fingerprint density at radius 3 is 2.44 bits per heavy atom. The van der Waals surface area contributed by atoms with Gasteiger partial charge in [-0.15, -0.1) is 0 Å². The van der Waals surface area contributed by atoms with Crippen LogP contribution in [0.15, 0.2) is 36.4 Å². The molecule has 8 nitrogen and oxygen atoms in total. The number of carboxylic acid groups (broad SMARTS) is 1. The number of aliphatic hydroxyl groups excluding tert-OH is 1. The minimum atomic E-state index is -5.08. The van der Waals surface area contributed by atoms with Crippen LogP contribution in [-0.4, -0.2) is 78.7 Å². The fraction of sp³-hybridized carbons (Fsp3) is 0.440. The summed E-state index contributed by atoms with van der Waals surface area (Å²) in [7, 11) is 1.66. The number of methoxy groups -OCH3 is 1. The second kappa shape index (κ2) is 12.6. The highest BCUT2D eigenvalue weighted by atomic mass is 19.4. The van der Waals surface area contributed by atoms with Crippen LogP contribution >= 0.6 is 0 Å².